The number of hydrogen-bond donors (Lipinski definition) is 0. The topological polar surface area (TPSA) is 68.3 Å². The monoisotopic (exact) mass is 308 g/mol. The van der Waals surface area contributed by atoms with E-state index in [-0.39, 0.29) is 5.97 Å². The quantitative estimate of drug-likeness (QED) is 0.535. The number of aryl methyl sites for hydroxylation is 1. The van der Waals surface area contributed by atoms with Crippen LogP contribution in [0.25, 0.3) is 5.65 Å². The number of nitrogens with zero attached hydrogens (tertiary/aromatic N) is 4. The number of imidazole rings is 1. The van der Waals surface area contributed by atoms with Gasteiger partial charge in [0.05, 0.1) is 23.6 Å². The van der Waals surface area contributed by atoms with Crippen LogP contribution in [0.1, 0.15) is 23.0 Å². The van der Waals surface area contributed by atoms with Gasteiger partial charge in [0, 0.05) is 6.20 Å². The highest BCUT2D eigenvalue weighted by atomic mass is 16.5. The van der Waals surface area contributed by atoms with E-state index < -0.39 is 0 Å². The van der Waals surface area contributed by atoms with Crippen molar-refractivity contribution in [1.82, 2.24) is 9.38 Å². The molecule has 0 atom stereocenters. The van der Waals surface area contributed by atoms with Crippen molar-refractivity contribution >= 4 is 23.1 Å². The Morgan fingerprint density at radius 2 is 1.96 bits per heavy atom. The van der Waals surface area contributed by atoms with Gasteiger partial charge < -0.3 is 4.74 Å². The van der Waals surface area contributed by atoms with Gasteiger partial charge in [-0.25, -0.2) is 9.78 Å². The first-order valence-corrected chi connectivity index (χ1v) is 7.31. The van der Waals surface area contributed by atoms with Crippen LogP contribution in [0.2, 0.25) is 0 Å². The predicted octanol–water partition coefficient (Wildman–Crippen LogP) is 4.23. The number of benzene rings is 1. The third-order valence-electron chi connectivity index (χ3n) is 3.31. The van der Waals surface area contributed by atoms with Crippen LogP contribution in [-0.4, -0.2) is 22.0 Å². The highest BCUT2D eigenvalue weighted by molar-refractivity contribution is 5.89. The van der Waals surface area contributed by atoms with Gasteiger partial charge >= 0.3 is 5.97 Å². The van der Waals surface area contributed by atoms with E-state index in [1.807, 2.05) is 35.7 Å². The molecule has 3 rings (SSSR count). The molecule has 0 spiro atoms. The SMILES string of the molecule is CCOC(=O)c1ccc(N=Nc2c(C)nc3ccccn23)cc1. The molecule has 0 bridgehead atoms. The standard InChI is InChI=1S/C17H16N4O2/c1-3-23-17(22)13-7-9-14(10-8-13)19-20-16-12(2)18-15-6-4-5-11-21(15)16/h4-11H,3H2,1-2H3. The number of fused-ring (bicyclic) bond motifs is 1. The van der Waals surface area contributed by atoms with Gasteiger partial charge in [-0.3, -0.25) is 4.40 Å². The molecule has 3 aromatic rings. The van der Waals surface area contributed by atoms with Gasteiger partial charge in [0.2, 0.25) is 0 Å². The number of carbonyl (C=O) groups is 1. The molecule has 2 aromatic heterocycles. The van der Waals surface area contributed by atoms with Gasteiger partial charge in [0.1, 0.15) is 5.65 Å². The Balaban J connectivity index is 1.84. The van der Waals surface area contributed by atoms with Crippen molar-refractivity contribution in [3.63, 3.8) is 0 Å². The molecule has 0 radical (unpaired) electrons. The first-order chi connectivity index (χ1) is 11.2. The van der Waals surface area contributed by atoms with E-state index in [2.05, 4.69) is 15.2 Å². The van der Waals surface area contributed by atoms with Gasteiger partial charge in [-0.15, -0.1) is 10.2 Å². The lowest BCUT2D eigenvalue weighted by atomic mass is 10.2. The smallest absolute Gasteiger partial charge is 0.338 e. The minimum Gasteiger partial charge on any atom is -0.462 e. The molecule has 1 aromatic carbocycles. The van der Waals surface area contributed by atoms with Crippen molar-refractivity contribution in [3.8, 4) is 0 Å². The van der Waals surface area contributed by atoms with Crippen molar-refractivity contribution in [2.45, 2.75) is 13.8 Å². The van der Waals surface area contributed by atoms with Crippen molar-refractivity contribution in [2.75, 3.05) is 6.61 Å². The van der Waals surface area contributed by atoms with E-state index >= 15 is 0 Å². The summed E-state index contributed by atoms with van der Waals surface area (Å²) in [6.07, 6.45) is 1.90. The van der Waals surface area contributed by atoms with Crippen LogP contribution >= 0.6 is 0 Å². The molecule has 0 amide bonds. The number of rotatable bonds is 4. The summed E-state index contributed by atoms with van der Waals surface area (Å²) >= 11 is 0. The van der Waals surface area contributed by atoms with Crippen molar-refractivity contribution in [3.05, 3.63) is 59.9 Å². The second-order valence-corrected chi connectivity index (χ2v) is 4.92. The van der Waals surface area contributed by atoms with Gasteiger partial charge in [-0.2, -0.15) is 0 Å². The Morgan fingerprint density at radius 1 is 1.17 bits per heavy atom. The Labute approximate surface area is 133 Å². The molecule has 0 fully saturated rings. The Morgan fingerprint density at radius 3 is 2.70 bits per heavy atom. The number of pyridine rings is 1. The lowest BCUT2D eigenvalue weighted by Crippen LogP contribution is -2.03. The molecule has 0 N–H and O–H groups in total. The molecule has 0 aliphatic carbocycles. The Kier molecular flexibility index (Phi) is 4.14. The summed E-state index contributed by atoms with van der Waals surface area (Å²) in [7, 11) is 0. The summed E-state index contributed by atoms with van der Waals surface area (Å²) in [5.74, 6) is 0.351. The minimum absolute atomic E-state index is 0.339. The molecule has 0 saturated heterocycles. The van der Waals surface area contributed by atoms with Gasteiger partial charge in [0.25, 0.3) is 0 Å². The van der Waals surface area contributed by atoms with Crippen molar-refractivity contribution in [1.29, 1.82) is 0 Å². The number of ether oxygens (including phenoxy) is 1. The molecule has 0 aliphatic rings. The normalized spacial score (nSPS) is 11.2. The Hall–Kier alpha value is -3.02. The Bertz CT molecular complexity index is 866. The molecule has 2 heterocycles. The summed E-state index contributed by atoms with van der Waals surface area (Å²) in [6.45, 7) is 4.03. The zero-order valence-electron chi connectivity index (χ0n) is 12.9. The largest absolute Gasteiger partial charge is 0.462 e. The molecule has 0 unspecified atom stereocenters. The maximum atomic E-state index is 11.6. The van der Waals surface area contributed by atoms with Gasteiger partial charge in [0.15, 0.2) is 5.82 Å². The molecule has 0 saturated carbocycles. The second kappa shape index (κ2) is 6.39. The number of hydrogen-bond acceptors (Lipinski definition) is 5. The molecule has 6 heteroatoms. The van der Waals surface area contributed by atoms with E-state index in [1.54, 1.807) is 31.2 Å². The first-order valence-electron chi connectivity index (χ1n) is 7.31. The zero-order valence-corrected chi connectivity index (χ0v) is 12.9. The number of azo groups is 1. The molecular weight excluding hydrogens is 292 g/mol. The third kappa shape index (κ3) is 3.11. The maximum Gasteiger partial charge on any atom is 0.338 e. The molecule has 116 valence electrons. The van der Waals surface area contributed by atoms with Crippen molar-refractivity contribution in [2.24, 2.45) is 10.2 Å². The highest BCUT2D eigenvalue weighted by Crippen LogP contribution is 2.23. The fourth-order valence-electron chi connectivity index (χ4n) is 2.20. The molecular formula is C17H16N4O2. The second-order valence-electron chi connectivity index (χ2n) is 4.92. The van der Waals surface area contributed by atoms with Gasteiger partial charge in [-0.1, -0.05) is 6.07 Å². The fourth-order valence-corrected chi connectivity index (χ4v) is 2.20. The van der Waals surface area contributed by atoms with Crippen LogP contribution in [0.15, 0.2) is 58.9 Å². The minimum atomic E-state index is -0.339. The van der Waals surface area contributed by atoms with Crippen LogP contribution in [0.4, 0.5) is 11.5 Å². The number of carbonyl (C=O) groups excluding carboxylic acids is 1. The van der Waals surface area contributed by atoms with E-state index in [1.165, 1.54) is 0 Å². The highest BCUT2D eigenvalue weighted by Gasteiger charge is 2.08. The first kappa shape index (κ1) is 14.9. The average molecular weight is 308 g/mol. The van der Waals surface area contributed by atoms with E-state index in [0.29, 0.717) is 23.7 Å². The third-order valence-corrected chi connectivity index (χ3v) is 3.31. The van der Waals surface area contributed by atoms with Crippen LogP contribution in [-0.2, 0) is 4.74 Å². The van der Waals surface area contributed by atoms with Crippen LogP contribution < -0.4 is 0 Å². The number of esters is 1. The van der Waals surface area contributed by atoms with E-state index in [4.69, 9.17) is 4.74 Å². The van der Waals surface area contributed by atoms with Crippen LogP contribution in [0.3, 0.4) is 0 Å². The van der Waals surface area contributed by atoms with Crippen LogP contribution in [0, 0.1) is 6.92 Å². The molecule has 6 nitrogen and oxygen atoms in total. The van der Waals surface area contributed by atoms with E-state index in [0.717, 1.165) is 11.3 Å². The summed E-state index contributed by atoms with van der Waals surface area (Å²) in [5, 5.41) is 8.50. The average Bonchev–Trinajstić information content (AvgIpc) is 2.89. The van der Waals surface area contributed by atoms with E-state index in [9.17, 15) is 4.79 Å². The summed E-state index contributed by atoms with van der Waals surface area (Å²) in [5.41, 5.74) is 2.79. The lowest BCUT2D eigenvalue weighted by molar-refractivity contribution is 0.0526. The summed E-state index contributed by atoms with van der Waals surface area (Å²) < 4.78 is 6.83. The van der Waals surface area contributed by atoms with Crippen molar-refractivity contribution < 1.29 is 9.53 Å². The molecule has 0 aliphatic heterocycles. The molecule has 23 heavy (non-hydrogen) atoms. The van der Waals surface area contributed by atoms with Crippen LogP contribution in [0.5, 0.6) is 0 Å². The predicted molar refractivity (Wildman–Crippen MR) is 86.5 cm³/mol. The fraction of sp³-hybridized carbons (Fsp3) is 0.176. The lowest BCUT2D eigenvalue weighted by Gasteiger charge is -2.01. The number of aromatic nitrogens is 2. The maximum absolute atomic E-state index is 11.6. The summed E-state index contributed by atoms with van der Waals surface area (Å²) in [6, 6.07) is 12.6. The summed E-state index contributed by atoms with van der Waals surface area (Å²) in [4.78, 5) is 16.0. The van der Waals surface area contributed by atoms with Gasteiger partial charge in [-0.05, 0) is 50.2 Å². The zero-order chi connectivity index (χ0) is 16.2.